The van der Waals surface area contributed by atoms with E-state index in [1.807, 2.05) is 18.2 Å². The molecule has 1 aliphatic carbocycles. The maximum Gasteiger partial charge on any atom is 0.178 e. The molecule has 2 bridgehead atoms. The van der Waals surface area contributed by atoms with Crippen molar-refractivity contribution in [3.8, 4) is 23.3 Å². The monoisotopic (exact) mass is 466 g/mol. The van der Waals surface area contributed by atoms with Gasteiger partial charge in [-0.2, -0.15) is 0 Å². The van der Waals surface area contributed by atoms with E-state index in [1.165, 1.54) is 7.11 Å². The lowest BCUT2D eigenvalue weighted by Gasteiger charge is -2.14. The molecule has 35 heavy (non-hydrogen) atoms. The molecule has 0 fully saturated rings. The zero-order valence-electron chi connectivity index (χ0n) is 20.3. The summed E-state index contributed by atoms with van der Waals surface area (Å²) in [5.74, 6) is 6.31. The van der Waals surface area contributed by atoms with Crippen LogP contribution in [0, 0.1) is 11.8 Å². The van der Waals surface area contributed by atoms with Crippen LogP contribution in [0.15, 0.2) is 54.1 Å². The number of rotatable bonds is 8. The number of carbonyl (C=O) groups is 2. The van der Waals surface area contributed by atoms with E-state index in [4.69, 9.17) is 4.74 Å². The number of methoxy groups -OCH3 is 1. The maximum absolute atomic E-state index is 13.1. The van der Waals surface area contributed by atoms with Crippen LogP contribution in [-0.2, 0) is 22.4 Å². The zero-order valence-corrected chi connectivity index (χ0v) is 20.3. The Morgan fingerprint density at radius 1 is 1.00 bits per heavy atom. The Balaban J connectivity index is 1.77. The van der Waals surface area contributed by atoms with Crippen molar-refractivity contribution < 1.29 is 19.4 Å². The predicted octanol–water partition coefficient (Wildman–Crippen LogP) is 6.20. The first-order chi connectivity index (χ1) is 17.0. The van der Waals surface area contributed by atoms with Gasteiger partial charge in [-0.1, -0.05) is 61.9 Å². The summed E-state index contributed by atoms with van der Waals surface area (Å²) in [7, 11) is 1.51. The van der Waals surface area contributed by atoms with E-state index in [0.717, 1.165) is 41.2 Å². The van der Waals surface area contributed by atoms with Crippen LogP contribution in [0.2, 0.25) is 0 Å². The smallest absolute Gasteiger partial charge is 0.178 e. The van der Waals surface area contributed by atoms with Crippen molar-refractivity contribution in [3.05, 3.63) is 76.4 Å². The van der Waals surface area contributed by atoms with Gasteiger partial charge in [0.15, 0.2) is 17.3 Å². The van der Waals surface area contributed by atoms with E-state index in [1.54, 1.807) is 12.1 Å². The van der Waals surface area contributed by atoms with E-state index >= 15 is 0 Å². The minimum absolute atomic E-state index is 0.0544. The Morgan fingerprint density at radius 3 is 2.46 bits per heavy atom. The molecule has 4 nitrogen and oxygen atoms in total. The van der Waals surface area contributed by atoms with Crippen molar-refractivity contribution in [1.29, 1.82) is 0 Å². The minimum atomic E-state index is -0.273. The summed E-state index contributed by atoms with van der Waals surface area (Å²) in [4.78, 5) is 25.4. The number of hydrogen-bond donors (Lipinski definition) is 1. The first-order valence-corrected chi connectivity index (χ1v) is 12.1. The first-order valence-electron chi connectivity index (χ1n) is 12.1. The van der Waals surface area contributed by atoms with Gasteiger partial charge in [-0.15, -0.1) is 0 Å². The molecule has 0 aromatic heterocycles. The highest BCUT2D eigenvalue weighted by atomic mass is 16.5. The standard InChI is InChI=1S/C31H30O4/c1-3-4-5-13-28(32)20-29(33)25-12-8-11-24-17-22-9-6-7-10-23(22)18-26(24)19-27-15-21(14-25)16-30(35-2)31(27)34/h6-7,9-10,14-18,34H,3-5,11,13,19-20H2,1-2H3. The lowest BCUT2D eigenvalue weighted by atomic mass is 9.93. The second kappa shape index (κ2) is 11.1. The van der Waals surface area contributed by atoms with Crippen LogP contribution in [0.4, 0.5) is 0 Å². The molecule has 3 aromatic rings. The summed E-state index contributed by atoms with van der Waals surface area (Å²) >= 11 is 0. The number of Topliss-reactive ketones (excluding diaryl/α,β-unsaturated/α-hetero) is 2. The largest absolute Gasteiger partial charge is 0.504 e. The van der Waals surface area contributed by atoms with Crippen LogP contribution in [0.1, 0.15) is 61.3 Å². The van der Waals surface area contributed by atoms with Gasteiger partial charge in [-0.25, -0.2) is 0 Å². The molecule has 0 saturated carbocycles. The summed E-state index contributed by atoms with van der Waals surface area (Å²) in [5, 5.41) is 13.1. The Labute approximate surface area is 206 Å². The molecule has 0 aliphatic heterocycles. The number of phenolic OH excluding ortho intramolecular Hbond substituents is 1. The molecular formula is C31H30O4. The highest BCUT2D eigenvalue weighted by Gasteiger charge is 2.17. The number of benzene rings is 3. The van der Waals surface area contributed by atoms with Crippen LogP contribution in [0.25, 0.3) is 16.8 Å². The average Bonchev–Trinajstić information content (AvgIpc) is 2.87. The van der Waals surface area contributed by atoms with Crippen molar-refractivity contribution in [2.45, 2.75) is 51.9 Å². The first kappa shape index (κ1) is 24.3. The number of allylic oxidation sites excluding steroid dienone is 1. The lowest BCUT2D eigenvalue weighted by Crippen LogP contribution is -2.09. The number of fused-ring (bicyclic) bond motifs is 4. The molecule has 1 N–H and O–H groups in total. The van der Waals surface area contributed by atoms with Gasteiger partial charge in [-0.3, -0.25) is 9.59 Å². The van der Waals surface area contributed by atoms with Crippen molar-refractivity contribution in [2.24, 2.45) is 0 Å². The molecule has 4 heteroatoms. The summed E-state index contributed by atoms with van der Waals surface area (Å²) in [5.41, 5.74) is 3.82. The number of unbranched alkanes of at least 4 members (excludes halogenated alkanes) is 2. The third kappa shape index (κ3) is 5.81. The molecule has 0 amide bonds. The third-order valence-electron chi connectivity index (χ3n) is 6.38. The molecule has 0 atom stereocenters. The molecule has 1 aliphatic rings. The zero-order chi connectivity index (χ0) is 24.8. The summed E-state index contributed by atoms with van der Waals surface area (Å²) in [6.45, 7) is 2.08. The van der Waals surface area contributed by atoms with Gasteiger partial charge < -0.3 is 9.84 Å². The third-order valence-corrected chi connectivity index (χ3v) is 6.38. The Hall–Kier alpha value is -3.84. The molecule has 178 valence electrons. The Morgan fingerprint density at radius 2 is 1.74 bits per heavy atom. The molecule has 0 spiro atoms. The van der Waals surface area contributed by atoms with Crippen LogP contribution in [0.5, 0.6) is 11.5 Å². The van der Waals surface area contributed by atoms with Gasteiger partial charge >= 0.3 is 0 Å². The van der Waals surface area contributed by atoms with Crippen LogP contribution in [-0.4, -0.2) is 23.8 Å². The van der Waals surface area contributed by atoms with Crippen molar-refractivity contribution in [1.82, 2.24) is 0 Å². The van der Waals surface area contributed by atoms with E-state index in [2.05, 4.69) is 43.0 Å². The number of phenols is 1. The van der Waals surface area contributed by atoms with Gasteiger partial charge in [0.05, 0.1) is 19.1 Å². The second-order valence-corrected chi connectivity index (χ2v) is 9.01. The van der Waals surface area contributed by atoms with E-state index in [0.29, 0.717) is 41.7 Å². The highest BCUT2D eigenvalue weighted by Crippen LogP contribution is 2.35. The fraction of sp³-hybridized carbons (Fsp3) is 0.290. The topological polar surface area (TPSA) is 63.6 Å². The second-order valence-electron chi connectivity index (χ2n) is 9.01. The van der Waals surface area contributed by atoms with Gasteiger partial charge in [0, 0.05) is 24.8 Å². The predicted molar refractivity (Wildman–Crippen MR) is 140 cm³/mol. The molecule has 0 radical (unpaired) electrons. The molecule has 0 unspecified atom stereocenters. The van der Waals surface area contributed by atoms with Gasteiger partial charge in [-0.05, 0) is 58.2 Å². The van der Waals surface area contributed by atoms with Gasteiger partial charge in [0.2, 0.25) is 0 Å². The van der Waals surface area contributed by atoms with E-state index < -0.39 is 0 Å². The van der Waals surface area contributed by atoms with Gasteiger partial charge in [0.25, 0.3) is 0 Å². The van der Waals surface area contributed by atoms with Crippen LogP contribution >= 0.6 is 0 Å². The molecule has 0 saturated heterocycles. The SMILES string of the molecule is CCCCCC(=O)CC(=O)C1=Cc2cc(c(O)c(OC)c2)Cc2cc3ccccc3cc2CC#C1. The minimum Gasteiger partial charge on any atom is -0.504 e. The van der Waals surface area contributed by atoms with Crippen molar-refractivity contribution in [2.75, 3.05) is 7.11 Å². The van der Waals surface area contributed by atoms with Crippen molar-refractivity contribution >= 4 is 28.4 Å². The maximum atomic E-state index is 13.1. The van der Waals surface area contributed by atoms with Crippen LogP contribution < -0.4 is 4.74 Å². The molecular weight excluding hydrogens is 436 g/mol. The lowest BCUT2D eigenvalue weighted by molar-refractivity contribution is -0.125. The number of carbonyl (C=O) groups excluding carboxylic acids is 2. The molecule has 0 heterocycles. The number of ketones is 2. The van der Waals surface area contributed by atoms with E-state index in [9.17, 15) is 14.7 Å². The average molecular weight is 467 g/mol. The van der Waals surface area contributed by atoms with Crippen LogP contribution in [0.3, 0.4) is 0 Å². The number of ether oxygens (including phenoxy) is 1. The Bertz CT molecular complexity index is 1370. The summed E-state index contributed by atoms with van der Waals surface area (Å²) in [6.07, 6.45) is 5.75. The molecule has 4 rings (SSSR count). The van der Waals surface area contributed by atoms with Gasteiger partial charge in [0.1, 0.15) is 5.78 Å². The summed E-state index contributed by atoms with van der Waals surface area (Å²) in [6, 6.07) is 16.0. The fourth-order valence-corrected chi connectivity index (χ4v) is 4.45. The fourth-order valence-electron chi connectivity index (χ4n) is 4.45. The quantitative estimate of drug-likeness (QED) is 0.244. The normalized spacial score (nSPS) is 12.6. The van der Waals surface area contributed by atoms with Crippen molar-refractivity contribution in [3.63, 3.8) is 0 Å². The van der Waals surface area contributed by atoms with E-state index in [-0.39, 0.29) is 23.7 Å². The highest BCUT2D eigenvalue weighted by molar-refractivity contribution is 6.12. The molecule has 3 aromatic carbocycles. The number of aromatic hydroxyl groups is 1. The Kier molecular flexibility index (Phi) is 7.67. The summed E-state index contributed by atoms with van der Waals surface area (Å²) < 4.78 is 5.42. The number of hydrogen-bond acceptors (Lipinski definition) is 4.